The average molecular weight is 385 g/mol. The van der Waals surface area contributed by atoms with Crippen molar-refractivity contribution in [1.29, 1.82) is 0 Å². The summed E-state index contributed by atoms with van der Waals surface area (Å²) in [6.45, 7) is 0.0933. The Kier molecular flexibility index (Phi) is 5.52. The maximum atomic E-state index is 12.5. The van der Waals surface area contributed by atoms with Crippen LogP contribution in [0.2, 0.25) is 5.02 Å². The van der Waals surface area contributed by atoms with Crippen molar-refractivity contribution in [3.8, 4) is 0 Å². The van der Waals surface area contributed by atoms with Crippen LogP contribution in [0, 0.1) is 0 Å². The van der Waals surface area contributed by atoms with Crippen LogP contribution in [0.5, 0.6) is 0 Å². The highest BCUT2D eigenvalue weighted by atomic mass is 35.5. The highest BCUT2D eigenvalue weighted by Gasteiger charge is 2.15. The minimum Gasteiger partial charge on any atom is -0.364 e. The van der Waals surface area contributed by atoms with Crippen LogP contribution >= 0.6 is 11.6 Å². The number of nitrogens with two attached hydrogens (primary N) is 1. The molecular weight excluding hydrogens is 368 g/mol. The van der Waals surface area contributed by atoms with Gasteiger partial charge < -0.3 is 11.1 Å². The number of carbonyl (C=O) groups is 2. The maximum Gasteiger partial charge on any atom is 0.275 e. The highest BCUT2D eigenvalue weighted by molar-refractivity contribution is 6.30. The van der Waals surface area contributed by atoms with Crippen molar-refractivity contribution in [2.24, 2.45) is 5.73 Å². The van der Waals surface area contributed by atoms with Gasteiger partial charge in [0.15, 0.2) is 5.69 Å². The fraction of sp³-hybridized carbons (Fsp3) is 0.158. The van der Waals surface area contributed by atoms with Crippen LogP contribution < -0.4 is 16.6 Å². The molecule has 27 heavy (non-hydrogen) atoms. The van der Waals surface area contributed by atoms with Crippen molar-refractivity contribution < 1.29 is 9.59 Å². The lowest BCUT2D eigenvalue weighted by atomic mass is 10.1. The molecule has 7 nitrogen and oxygen atoms in total. The van der Waals surface area contributed by atoms with Gasteiger partial charge in [0.05, 0.1) is 5.39 Å². The van der Waals surface area contributed by atoms with Crippen molar-refractivity contribution in [2.75, 3.05) is 6.54 Å². The van der Waals surface area contributed by atoms with E-state index in [4.69, 9.17) is 17.3 Å². The molecule has 0 aliphatic carbocycles. The Morgan fingerprint density at radius 1 is 1.07 bits per heavy atom. The minimum absolute atomic E-state index is 0.0424. The number of amides is 2. The molecule has 0 unspecified atom stereocenters. The summed E-state index contributed by atoms with van der Waals surface area (Å²) in [7, 11) is 0. The number of nitrogens with zero attached hydrogens (tertiary/aromatic N) is 2. The molecular formula is C19H17ClN4O3. The summed E-state index contributed by atoms with van der Waals surface area (Å²) in [6.07, 6.45) is 0.621. The lowest BCUT2D eigenvalue weighted by molar-refractivity contribution is -0.121. The van der Waals surface area contributed by atoms with Crippen molar-refractivity contribution in [1.82, 2.24) is 15.1 Å². The van der Waals surface area contributed by atoms with E-state index in [1.807, 2.05) is 12.1 Å². The molecule has 3 N–H and O–H groups in total. The number of benzene rings is 2. The number of primary amides is 1. The van der Waals surface area contributed by atoms with Gasteiger partial charge in [-0.25, -0.2) is 4.68 Å². The van der Waals surface area contributed by atoms with E-state index in [1.54, 1.807) is 36.4 Å². The summed E-state index contributed by atoms with van der Waals surface area (Å²) in [5.74, 6) is -1.15. The van der Waals surface area contributed by atoms with E-state index in [1.165, 1.54) is 0 Å². The quantitative estimate of drug-likeness (QED) is 0.671. The van der Waals surface area contributed by atoms with Crippen molar-refractivity contribution >= 4 is 34.2 Å². The summed E-state index contributed by atoms with van der Waals surface area (Å²) in [6, 6.07) is 13.8. The Morgan fingerprint density at radius 2 is 1.74 bits per heavy atom. The topological polar surface area (TPSA) is 107 Å². The predicted octanol–water partition coefficient (Wildman–Crippen LogP) is 1.51. The van der Waals surface area contributed by atoms with Gasteiger partial charge in [-0.1, -0.05) is 41.9 Å². The minimum atomic E-state index is -0.761. The largest absolute Gasteiger partial charge is 0.364 e. The first-order chi connectivity index (χ1) is 13.0. The summed E-state index contributed by atoms with van der Waals surface area (Å²) in [5, 5.41) is 8.01. The second kappa shape index (κ2) is 8.01. The van der Waals surface area contributed by atoms with E-state index in [9.17, 15) is 14.4 Å². The molecule has 0 radical (unpaired) electrons. The van der Waals surface area contributed by atoms with Crippen LogP contribution in [0.25, 0.3) is 10.8 Å². The average Bonchev–Trinajstić information content (AvgIpc) is 2.65. The zero-order valence-electron chi connectivity index (χ0n) is 14.3. The predicted molar refractivity (Wildman–Crippen MR) is 103 cm³/mol. The van der Waals surface area contributed by atoms with Gasteiger partial charge >= 0.3 is 0 Å². The molecule has 2 aromatic carbocycles. The second-order valence-electron chi connectivity index (χ2n) is 5.95. The highest BCUT2D eigenvalue weighted by Crippen LogP contribution is 2.12. The molecule has 2 amide bonds. The van der Waals surface area contributed by atoms with Gasteiger partial charge in [-0.3, -0.25) is 14.4 Å². The monoisotopic (exact) mass is 384 g/mol. The number of rotatable bonds is 6. The number of nitrogens with one attached hydrogen (secondary N) is 1. The third-order valence-corrected chi connectivity index (χ3v) is 4.30. The summed E-state index contributed by atoms with van der Waals surface area (Å²) in [5.41, 5.74) is 5.89. The first-order valence-electron chi connectivity index (χ1n) is 8.26. The third kappa shape index (κ3) is 4.32. The first-order valence-corrected chi connectivity index (χ1v) is 8.64. The lowest BCUT2D eigenvalue weighted by Gasteiger charge is -2.10. The van der Waals surface area contributed by atoms with Crippen molar-refractivity contribution in [3.05, 3.63) is 75.2 Å². The number of aromatic nitrogens is 2. The number of hydrogen-bond acceptors (Lipinski definition) is 4. The van der Waals surface area contributed by atoms with Crippen LogP contribution in [-0.4, -0.2) is 28.1 Å². The third-order valence-electron chi connectivity index (χ3n) is 4.04. The lowest BCUT2D eigenvalue weighted by Crippen LogP contribution is -2.36. The van der Waals surface area contributed by atoms with E-state index in [-0.39, 0.29) is 23.5 Å². The molecule has 1 aromatic heterocycles. The SMILES string of the molecule is NC(=O)c1nn(CC(=O)NCCc2ccc(Cl)cc2)c(=O)c2ccccc12. The number of hydrogen-bond donors (Lipinski definition) is 2. The molecule has 0 aliphatic rings. The molecule has 1 heterocycles. The van der Waals surface area contributed by atoms with Gasteiger partial charge in [-0.2, -0.15) is 5.10 Å². The first kappa shape index (κ1) is 18.6. The molecule has 0 atom stereocenters. The Bertz CT molecular complexity index is 1060. The zero-order valence-corrected chi connectivity index (χ0v) is 15.1. The molecule has 3 rings (SSSR count). The Morgan fingerprint density at radius 3 is 2.41 bits per heavy atom. The van der Waals surface area contributed by atoms with Crippen LogP contribution in [-0.2, 0) is 17.8 Å². The standard InChI is InChI=1S/C19H17ClN4O3/c20-13-7-5-12(6-8-13)9-10-22-16(25)11-24-19(27)15-4-2-1-3-14(15)17(23-24)18(21)26/h1-8H,9-11H2,(H2,21,26)(H,22,25). The molecule has 138 valence electrons. The van der Waals surface area contributed by atoms with Crippen LogP contribution in [0.3, 0.4) is 0 Å². The van der Waals surface area contributed by atoms with E-state index in [0.717, 1.165) is 10.2 Å². The summed E-state index contributed by atoms with van der Waals surface area (Å²) >= 11 is 5.84. The van der Waals surface area contributed by atoms with Gasteiger partial charge in [0.1, 0.15) is 6.54 Å². The Labute approximate surface area is 159 Å². The van der Waals surface area contributed by atoms with Crippen LogP contribution in [0.1, 0.15) is 16.1 Å². The molecule has 0 saturated carbocycles. The fourth-order valence-electron chi connectivity index (χ4n) is 2.71. The van der Waals surface area contributed by atoms with Gasteiger partial charge in [-0.05, 0) is 30.2 Å². The molecule has 0 fully saturated rings. The molecule has 3 aromatic rings. The van der Waals surface area contributed by atoms with E-state index < -0.39 is 11.5 Å². The Hall–Kier alpha value is -3.19. The van der Waals surface area contributed by atoms with Crippen molar-refractivity contribution in [2.45, 2.75) is 13.0 Å². The molecule has 0 bridgehead atoms. The van der Waals surface area contributed by atoms with Gasteiger partial charge in [0.2, 0.25) is 5.91 Å². The van der Waals surface area contributed by atoms with Gasteiger partial charge in [0.25, 0.3) is 11.5 Å². The van der Waals surface area contributed by atoms with E-state index in [0.29, 0.717) is 23.4 Å². The van der Waals surface area contributed by atoms with Crippen LogP contribution in [0.15, 0.2) is 53.3 Å². The number of carbonyl (C=O) groups excluding carboxylic acids is 2. The molecule has 8 heteroatoms. The summed E-state index contributed by atoms with van der Waals surface area (Å²) < 4.78 is 0.958. The van der Waals surface area contributed by atoms with E-state index in [2.05, 4.69) is 10.4 Å². The Balaban J connectivity index is 1.73. The maximum absolute atomic E-state index is 12.5. The zero-order chi connectivity index (χ0) is 19.4. The molecule has 0 aliphatic heterocycles. The number of fused-ring (bicyclic) bond motifs is 1. The molecule has 0 spiro atoms. The normalized spacial score (nSPS) is 10.7. The van der Waals surface area contributed by atoms with Gasteiger partial charge in [0, 0.05) is 17.0 Å². The smallest absolute Gasteiger partial charge is 0.275 e. The molecule has 0 saturated heterocycles. The van der Waals surface area contributed by atoms with Crippen molar-refractivity contribution in [3.63, 3.8) is 0 Å². The van der Waals surface area contributed by atoms with Gasteiger partial charge in [-0.15, -0.1) is 0 Å². The fourth-order valence-corrected chi connectivity index (χ4v) is 2.84. The second-order valence-corrected chi connectivity index (χ2v) is 6.38. The number of halogens is 1. The summed E-state index contributed by atoms with van der Waals surface area (Å²) in [4.78, 5) is 36.4. The van der Waals surface area contributed by atoms with Crippen LogP contribution in [0.4, 0.5) is 0 Å². The van der Waals surface area contributed by atoms with E-state index >= 15 is 0 Å².